The lowest BCUT2D eigenvalue weighted by Gasteiger charge is -2.38. The van der Waals surface area contributed by atoms with Crippen molar-refractivity contribution in [2.24, 2.45) is 5.92 Å². The SMILES string of the molecule is CCOC(=O)CCN1CC[C@@H](c2ccc(F)cc2)[C@H](COc2ccc3c(c2)OCO3)C1.O=C(O)C(=O)O. The molecule has 10 nitrogen and oxygen atoms in total. The number of hydrogen-bond acceptors (Lipinski definition) is 8. The maximum atomic E-state index is 13.4. The molecule has 0 aromatic heterocycles. The Labute approximate surface area is 213 Å². The second-order valence-corrected chi connectivity index (χ2v) is 8.50. The van der Waals surface area contributed by atoms with E-state index >= 15 is 0 Å². The first-order valence-electron chi connectivity index (χ1n) is 11.9. The molecule has 0 saturated carbocycles. The summed E-state index contributed by atoms with van der Waals surface area (Å²) >= 11 is 0. The molecule has 37 heavy (non-hydrogen) atoms. The molecule has 1 fully saturated rings. The van der Waals surface area contributed by atoms with Gasteiger partial charge in [-0.3, -0.25) is 4.79 Å². The van der Waals surface area contributed by atoms with Gasteiger partial charge in [0.2, 0.25) is 6.79 Å². The normalized spacial score (nSPS) is 18.3. The maximum Gasteiger partial charge on any atom is 0.414 e. The number of carbonyl (C=O) groups is 3. The molecule has 0 spiro atoms. The van der Waals surface area contributed by atoms with Gasteiger partial charge in [0.15, 0.2) is 11.5 Å². The first-order valence-corrected chi connectivity index (χ1v) is 11.9. The van der Waals surface area contributed by atoms with Crippen molar-refractivity contribution in [3.05, 3.63) is 53.8 Å². The Morgan fingerprint density at radius 1 is 1.05 bits per heavy atom. The Bertz CT molecular complexity index is 1060. The topological polar surface area (TPSA) is 132 Å². The van der Waals surface area contributed by atoms with Crippen LogP contribution in [-0.4, -0.2) is 72.7 Å². The molecule has 2 N–H and O–H groups in total. The van der Waals surface area contributed by atoms with Crippen molar-refractivity contribution in [1.82, 2.24) is 4.90 Å². The van der Waals surface area contributed by atoms with Crippen molar-refractivity contribution in [3.8, 4) is 17.2 Å². The molecule has 0 unspecified atom stereocenters. The number of carboxylic acids is 2. The number of likely N-dealkylation sites (tertiary alicyclic amines) is 1. The van der Waals surface area contributed by atoms with E-state index in [9.17, 15) is 9.18 Å². The van der Waals surface area contributed by atoms with Crippen LogP contribution < -0.4 is 14.2 Å². The van der Waals surface area contributed by atoms with E-state index in [0.717, 1.165) is 36.6 Å². The van der Waals surface area contributed by atoms with Gasteiger partial charge in [-0.05, 0) is 55.6 Å². The molecule has 200 valence electrons. The van der Waals surface area contributed by atoms with Crippen LogP contribution >= 0.6 is 0 Å². The van der Waals surface area contributed by atoms with Crippen molar-refractivity contribution >= 4 is 17.9 Å². The van der Waals surface area contributed by atoms with Crippen LogP contribution in [0.1, 0.15) is 31.2 Å². The van der Waals surface area contributed by atoms with Crippen molar-refractivity contribution in [3.63, 3.8) is 0 Å². The summed E-state index contributed by atoms with van der Waals surface area (Å²) in [6.45, 7) is 5.29. The molecule has 4 rings (SSSR count). The fraction of sp³-hybridized carbons (Fsp3) is 0.423. The summed E-state index contributed by atoms with van der Waals surface area (Å²) < 4.78 is 35.4. The summed E-state index contributed by atoms with van der Waals surface area (Å²) in [4.78, 5) is 32.2. The number of rotatable bonds is 8. The molecule has 11 heteroatoms. The lowest BCUT2D eigenvalue weighted by atomic mass is 9.80. The average Bonchev–Trinajstić information content (AvgIpc) is 3.35. The third kappa shape index (κ3) is 8.35. The number of carboxylic acid groups (broad SMARTS) is 2. The molecule has 0 amide bonds. The number of aliphatic carboxylic acids is 2. The van der Waals surface area contributed by atoms with Crippen LogP contribution in [-0.2, 0) is 19.1 Å². The van der Waals surface area contributed by atoms with Gasteiger partial charge in [0.1, 0.15) is 11.6 Å². The highest BCUT2D eigenvalue weighted by Gasteiger charge is 2.31. The third-order valence-electron chi connectivity index (χ3n) is 6.04. The van der Waals surface area contributed by atoms with Gasteiger partial charge in [0.05, 0.1) is 19.6 Å². The lowest BCUT2D eigenvalue weighted by molar-refractivity contribution is -0.159. The number of carbonyl (C=O) groups excluding carboxylic acids is 1. The lowest BCUT2D eigenvalue weighted by Crippen LogP contribution is -2.42. The molecule has 0 radical (unpaired) electrons. The van der Waals surface area contributed by atoms with Crippen LogP contribution in [0.15, 0.2) is 42.5 Å². The number of halogens is 1. The summed E-state index contributed by atoms with van der Waals surface area (Å²) in [5.74, 6) is -1.46. The number of ether oxygens (including phenoxy) is 4. The zero-order chi connectivity index (χ0) is 26.8. The Hall–Kier alpha value is -3.86. The van der Waals surface area contributed by atoms with E-state index in [1.807, 2.05) is 37.3 Å². The second-order valence-electron chi connectivity index (χ2n) is 8.50. The molecule has 0 bridgehead atoms. The minimum absolute atomic E-state index is 0.170. The van der Waals surface area contributed by atoms with E-state index in [0.29, 0.717) is 31.9 Å². The van der Waals surface area contributed by atoms with Gasteiger partial charge < -0.3 is 34.1 Å². The molecule has 1 saturated heterocycles. The molecular weight excluding hydrogens is 489 g/mol. The molecule has 2 aliphatic heterocycles. The largest absolute Gasteiger partial charge is 0.493 e. The molecule has 2 aromatic carbocycles. The smallest absolute Gasteiger partial charge is 0.414 e. The minimum Gasteiger partial charge on any atom is -0.493 e. The number of esters is 1. The first kappa shape index (κ1) is 27.7. The van der Waals surface area contributed by atoms with Gasteiger partial charge in [-0.1, -0.05) is 12.1 Å². The van der Waals surface area contributed by atoms with Gasteiger partial charge in [-0.25, -0.2) is 14.0 Å². The summed E-state index contributed by atoms with van der Waals surface area (Å²) in [6, 6.07) is 12.3. The van der Waals surface area contributed by atoms with E-state index in [-0.39, 0.29) is 30.4 Å². The second kappa shape index (κ2) is 13.4. The fourth-order valence-electron chi connectivity index (χ4n) is 4.28. The Balaban J connectivity index is 0.000000568. The molecule has 2 aliphatic rings. The van der Waals surface area contributed by atoms with Crippen molar-refractivity contribution in [2.75, 3.05) is 39.6 Å². The zero-order valence-corrected chi connectivity index (χ0v) is 20.4. The quantitative estimate of drug-likeness (QED) is 0.396. The number of fused-ring (bicyclic) bond motifs is 1. The Kier molecular flexibility index (Phi) is 10.1. The highest BCUT2D eigenvalue weighted by Crippen LogP contribution is 2.37. The monoisotopic (exact) mass is 519 g/mol. The fourth-order valence-corrected chi connectivity index (χ4v) is 4.28. The van der Waals surface area contributed by atoms with Crippen molar-refractivity contribution in [1.29, 1.82) is 0 Å². The van der Waals surface area contributed by atoms with Crippen molar-refractivity contribution in [2.45, 2.75) is 25.7 Å². The maximum absolute atomic E-state index is 13.4. The van der Waals surface area contributed by atoms with Crippen LogP contribution in [0, 0.1) is 11.7 Å². The molecule has 2 heterocycles. The third-order valence-corrected chi connectivity index (χ3v) is 6.04. The van der Waals surface area contributed by atoms with Gasteiger partial charge >= 0.3 is 17.9 Å². The molecule has 0 aliphatic carbocycles. The van der Waals surface area contributed by atoms with E-state index in [4.69, 9.17) is 38.7 Å². The number of piperidine rings is 1. The summed E-state index contributed by atoms with van der Waals surface area (Å²) in [6.07, 6.45) is 1.30. The first-order chi connectivity index (χ1) is 17.8. The van der Waals surface area contributed by atoms with Crippen LogP contribution in [0.4, 0.5) is 4.39 Å². The van der Waals surface area contributed by atoms with Crippen LogP contribution in [0.2, 0.25) is 0 Å². The zero-order valence-electron chi connectivity index (χ0n) is 20.4. The molecule has 2 atom stereocenters. The summed E-state index contributed by atoms with van der Waals surface area (Å²) in [5, 5.41) is 14.8. The minimum atomic E-state index is -1.82. The van der Waals surface area contributed by atoms with Gasteiger partial charge in [-0.15, -0.1) is 0 Å². The van der Waals surface area contributed by atoms with E-state index in [2.05, 4.69) is 4.90 Å². The van der Waals surface area contributed by atoms with Crippen LogP contribution in [0.25, 0.3) is 0 Å². The number of nitrogens with zero attached hydrogens (tertiary/aromatic N) is 1. The molecular formula is C26H30FNO9. The molecule has 2 aromatic rings. The Morgan fingerprint density at radius 2 is 1.76 bits per heavy atom. The standard InChI is InChI=1S/C24H28FNO5.C2H2O4/c1-2-28-24(27)10-12-26-11-9-21(17-3-5-19(25)6-4-17)18(14-26)15-29-20-7-8-22-23(13-20)31-16-30-22;3-1(4)2(5)6/h3-8,13,18,21H,2,9-12,14-16H2,1H3;(H,3,4)(H,5,6)/t18-,21-;/m0./s1. The van der Waals surface area contributed by atoms with Gasteiger partial charge in [0.25, 0.3) is 0 Å². The van der Waals surface area contributed by atoms with E-state index in [1.165, 1.54) is 12.1 Å². The van der Waals surface area contributed by atoms with Crippen molar-refractivity contribution < 1.29 is 47.9 Å². The summed E-state index contributed by atoms with van der Waals surface area (Å²) in [5.41, 5.74) is 1.12. The Morgan fingerprint density at radius 3 is 2.43 bits per heavy atom. The predicted octanol–water partition coefficient (Wildman–Crippen LogP) is 3.15. The van der Waals surface area contributed by atoms with Crippen LogP contribution in [0.3, 0.4) is 0 Å². The van der Waals surface area contributed by atoms with Gasteiger partial charge in [-0.2, -0.15) is 0 Å². The highest BCUT2D eigenvalue weighted by atomic mass is 19.1. The number of hydrogen-bond donors (Lipinski definition) is 2. The predicted molar refractivity (Wildman–Crippen MR) is 128 cm³/mol. The van der Waals surface area contributed by atoms with E-state index < -0.39 is 11.9 Å². The van der Waals surface area contributed by atoms with Gasteiger partial charge in [0, 0.05) is 25.1 Å². The van der Waals surface area contributed by atoms with Crippen LogP contribution in [0.5, 0.6) is 17.2 Å². The number of benzene rings is 2. The van der Waals surface area contributed by atoms with E-state index in [1.54, 1.807) is 0 Å². The highest BCUT2D eigenvalue weighted by molar-refractivity contribution is 6.27. The average molecular weight is 520 g/mol. The summed E-state index contributed by atoms with van der Waals surface area (Å²) in [7, 11) is 0.